The minimum Gasteiger partial charge on any atom is -1.00 e. The first-order chi connectivity index (χ1) is 25.9. The van der Waals surface area contributed by atoms with Crippen LogP contribution in [0.25, 0.3) is 33.4 Å². The molecule has 0 fully saturated rings. The van der Waals surface area contributed by atoms with Crippen molar-refractivity contribution in [3.63, 3.8) is 0 Å². The molecule has 2 aliphatic rings. The van der Waals surface area contributed by atoms with Crippen molar-refractivity contribution in [1.29, 1.82) is 0 Å². The third-order valence-electron chi connectivity index (χ3n) is 11.4. The van der Waals surface area contributed by atoms with Gasteiger partial charge in [-0.05, 0) is 0 Å². The van der Waals surface area contributed by atoms with E-state index < -0.39 is 21.3 Å². The molecule has 0 saturated heterocycles. The maximum atomic E-state index is 2.61. The zero-order valence-electron chi connectivity index (χ0n) is 34.0. The Morgan fingerprint density at radius 1 is 0.554 bits per heavy atom. The number of allylic oxidation sites excluding steroid dienone is 4. The molecule has 0 atom stereocenters. The van der Waals surface area contributed by atoms with Crippen molar-refractivity contribution in [1.82, 2.24) is 0 Å². The molecule has 0 bridgehead atoms. The Morgan fingerprint density at radius 2 is 1.07 bits per heavy atom. The summed E-state index contributed by atoms with van der Waals surface area (Å²) in [4.78, 5) is 0. The van der Waals surface area contributed by atoms with Gasteiger partial charge in [0.25, 0.3) is 0 Å². The molecule has 0 amide bonds. The molecular weight excluding hydrogens is 799 g/mol. The summed E-state index contributed by atoms with van der Waals surface area (Å²) in [6.07, 6.45) is 9.19. The van der Waals surface area contributed by atoms with E-state index in [0.717, 1.165) is 12.8 Å². The van der Waals surface area contributed by atoms with Crippen LogP contribution in [0.15, 0.2) is 149 Å². The average Bonchev–Trinajstić information content (AvgIpc) is 3.82. The molecule has 282 valence electrons. The van der Waals surface area contributed by atoms with Gasteiger partial charge in [-0.1, -0.05) is 0 Å². The average molecular weight is 851 g/mol. The molecule has 0 N–H and O–H groups in total. The molecule has 0 radical (unpaired) electrons. The Kier molecular flexibility index (Phi) is 12.3. The van der Waals surface area contributed by atoms with Gasteiger partial charge >= 0.3 is 334 Å². The van der Waals surface area contributed by atoms with Gasteiger partial charge in [0.2, 0.25) is 0 Å². The minimum atomic E-state index is -3.04. The Balaban J connectivity index is 0.00000266. The normalized spacial score (nSPS) is 12.8. The second-order valence-corrected chi connectivity index (χ2v) is 23.4. The van der Waals surface area contributed by atoms with Crippen molar-refractivity contribution in [3.05, 3.63) is 193 Å². The van der Waals surface area contributed by atoms with Crippen LogP contribution in [0.2, 0.25) is 0 Å². The van der Waals surface area contributed by atoms with E-state index in [2.05, 4.69) is 201 Å². The zero-order valence-corrected chi connectivity index (χ0v) is 38.0. The van der Waals surface area contributed by atoms with E-state index >= 15 is 0 Å². The van der Waals surface area contributed by atoms with Gasteiger partial charge in [-0.2, -0.15) is 0 Å². The Hall–Kier alpha value is -3.87. The smallest absolute Gasteiger partial charge is 1.00 e. The van der Waals surface area contributed by atoms with E-state index in [0.29, 0.717) is 0 Å². The molecule has 0 aliphatic heterocycles. The SMILES string of the molecule is Cc1ccc([C](c2ccc(C)cc2)=[Zr+2]([C]2=CC=CC2)[c]2c3c(cc(C(C)(C)C)c2-c2ccccc2)-c2cc(C(C)(C)C)c(-c4ccccc4)cc2C3)cc1.[Cl-].[Cl-]. The number of benzene rings is 6. The first kappa shape index (κ1) is 41.8. The maximum absolute atomic E-state index is 3.04. The molecule has 0 heterocycles. The number of hydrogen-bond donors (Lipinski definition) is 0. The summed E-state index contributed by atoms with van der Waals surface area (Å²) in [5, 5.41) is 0. The van der Waals surface area contributed by atoms with E-state index in [-0.39, 0.29) is 35.6 Å². The molecule has 0 saturated carbocycles. The molecule has 0 spiro atoms. The summed E-state index contributed by atoms with van der Waals surface area (Å²) < 4.78 is 4.89. The van der Waals surface area contributed by atoms with Crippen molar-refractivity contribution in [2.75, 3.05) is 0 Å². The summed E-state index contributed by atoms with van der Waals surface area (Å²) in [5.41, 5.74) is 19.5. The van der Waals surface area contributed by atoms with Crippen LogP contribution < -0.4 is 28.1 Å². The van der Waals surface area contributed by atoms with E-state index in [1.807, 2.05) is 0 Å². The summed E-state index contributed by atoms with van der Waals surface area (Å²) in [6.45, 7) is 18.8. The Labute approximate surface area is 355 Å². The summed E-state index contributed by atoms with van der Waals surface area (Å²) in [6, 6.07) is 49.0. The predicted molar refractivity (Wildman–Crippen MR) is 230 cm³/mol. The van der Waals surface area contributed by atoms with Crippen LogP contribution in [0.5, 0.6) is 0 Å². The van der Waals surface area contributed by atoms with Crippen LogP contribution in [0.3, 0.4) is 0 Å². The largest absolute Gasteiger partial charge is 1.00 e. The summed E-state index contributed by atoms with van der Waals surface area (Å²) in [5.74, 6) is 0. The van der Waals surface area contributed by atoms with Crippen LogP contribution >= 0.6 is 0 Å². The summed E-state index contributed by atoms with van der Waals surface area (Å²) in [7, 11) is 0. The number of rotatable bonds is 6. The molecule has 2 aliphatic carbocycles. The fraction of sp³-hybridized carbons (Fsp3) is 0.226. The van der Waals surface area contributed by atoms with E-state index in [9.17, 15) is 0 Å². The minimum absolute atomic E-state index is 0. The van der Waals surface area contributed by atoms with Gasteiger partial charge in [0.05, 0.1) is 0 Å². The fourth-order valence-corrected chi connectivity index (χ4v) is 17.1. The number of fused-ring (bicyclic) bond motifs is 3. The number of aryl methyl sites for hydroxylation is 2. The number of hydrogen-bond acceptors (Lipinski definition) is 0. The molecule has 0 nitrogen and oxygen atoms in total. The molecular formula is C53H52Cl2Zr. The van der Waals surface area contributed by atoms with Gasteiger partial charge < -0.3 is 24.8 Å². The van der Waals surface area contributed by atoms with Gasteiger partial charge in [0.1, 0.15) is 0 Å². The van der Waals surface area contributed by atoms with Crippen molar-refractivity contribution in [2.24, 2.45) is 0 Å². The third kappa shape index (κ3) is 7.98. The fourth-order valence-electron chi connectivity index (χ4n) is 8.60. The van der Waals surface area contributed by atoms with Crippen molar-refractivity contribution < 1.29 is 46.1 Å². The van der Waals surface area contributed by atoms with Crippen LogP contribution in [0.4, 0.5) is 0 Å². The Morgan fingerprint density at radius 3 is 1.57 bits per heavy atom. The van der Waals surface area contributed by atoms with Gasteiger partial charge in [-0.3, -0.25) is 0 Å². The molecule has 3 heteroatoms. The Bertz CT molecular complexity index is 2420. The van der Waals surface area contributed by atoms with E-state index in [1.165, 1.54) is 72.3 Å². The number of halogens is 2. The van der Waals surface area contributed by atoms with Gasteiger partial charge in [-0.25, -0.2) is 0 Å². The second-order valence-electron chi connectivity index (χ2n) is 17.5. The predicted octanol–water partition coefficient (Wildman–Crippen LogP) is 7.17. The first-order valence-electron chi connectivity index (χ1n) is 19.6. The van der Waals surface area contributed by atoms with Gasteiger partial charge in [0.15, 0.2) is 0 Å². The van der Waals surface area contributed by atoms with Crippen molar-refractivity contribution in [3.8, 4) is 33.4 Å². The van der Waals surface area contributed by atoms with Crippen molar-refractivity contribution >= 4 is 6.48 Å². The first-order valence-corrected chi connectivity index (χ1v) is 23.3. The zero-order chi connectivity index (χ0) is 37.8. The molecule has 0 unspecified atom stereocenters. The van der Waals surface area contributed by atoms with Crippen LogP contribution in [0, 0.1) is 13.8 Å². The summed E-state index contributed by atoms with van der Waals surface area (Å²) >= 11 is -3.04. The van der Waals surface area contributed by atoms with E-state index in [1.54, 1.807) is 15.3 Å². The topological polar surface area (TPSA) is 0 Å². The molecule has 6 aromatic carbocycles. The van der Waals surface area contributed by atoms with Crippen LogP contribution in [0.1, 0.15) is 92.5 Å². The quantitative estimate of drug-likeness (QED) is 0.167. The van der Waals surface area contributed by atoms with Crippen molar-refractivity contribution in [2.45, 2.75) is 79.1 Å². The standard InChI is InChI=1S/C33H33.C15H14.C5H5.2ClH.Zr/c1-32(2,3)30-20-26-24(18-28(30)22-13-9-7-10-14-22)17-25-19-29(23-15-11-8-12-16-23)31(21-27(25)26)33(4,5)6;1-12-3-7-14(8-4-12)11-15-9-5-13(2)6-10-15;1-2-4-5-3-1;;;/h7-16,18,20-21H,17H2,1-6H3;3-10H,1-2H3;1-3H,4H2;2*1H;/q;;;;;+2/p-2. The monoisotopic (exact) mass is 848 g/mol. The van der Waals surface area contributed by atoms with Crippen LogP contribution in [-0.2, 0) is 38.5 Å². The van der Waals surface area contributed by atoms with Crippen LogP contribution in [-0.4, -0.2) is 3.21 Å². The molecule has 56 heavy (non-hydrogen) atoms. The van der Waals surface area contributed by atoms with Gasteiger partial charge in [-0.15, -0.1) is 0 Å². The molecule has 0 aromatic heterocycles. The van der Waals surface area contributed by atoms with E-state index in [4.69, 9.17) is 0 Å². The molecule has 6 aromatic rings. The molecule has 8 rings (SSSR count). The van der Waals surface area contributed by atoms with Gasteiger partial charge in [0, 0.05) is 0 Å². The second kappa shape index (κ2) is 16.5. The maximum Gasteiger partial charge on any atom is -1.00 e. The third-order valence-corrected chi connectivity index (χ3v) is 19.1.